The number of nitrogens with zero attached hydrogens (tertiary/aromatic N) is 4. The van der Waals surface area contributed by atoms with Gasteiger partial charge in [-0.2, -0.15) is 0 Å². The molecule has 120 valence electrons. The Labute approximate surface area is 140 Å². The Balaban J connectivity index is 1.41. The third-order valence-electron chi connectivity index (χ3n) is 4.97. The highest BCUT2D eigenvalue weighted by atomic mass is 32.1. The molecular weight excluding hydrogens is 308 g/mol. The van der Waals surface area contributed by atoms with Crippen LogP contribution in [0.3, 0.4) is 0 Å². The number of rotatable bonds is 4. The lowest BCUT2D eigenvalue weighted by Gasteiger charge is -2.23. The summed E-state index contributed by atoms with van der Waals surface area (Å²) in [7, 11) is 0. The Kier molecular flexibility index (Phi) is 3.87. The number of carbonyl (C=O) groups is 1. The maximum atomic E-state index is 12.9. The molecule has 0 N–H and O–H groups in total. The molecule has 2 saturated heterocycles. The van der Waals surface area contributed by atoms with E-state index < -0.39 is 0 Å². The lowest BCUT2D eigenvalue weighted by Crippen LogP contribution is -2.36. The fourth-order valence-electron chi connectivity index (χ4n) is 3.75. The van der Waals surface area contributed by atoms with E-state index in [4.69, 9.17) is 0 Å². The van der Waals surface area contributed by atoms with Crippen molar-refractivity contribution in [2.24, 2.45) is 5.41 Å². The highest BCUT2D eigenvalue weighted by Gasteiger charge is 2.50. The van der Waals surface area contributed by atoms with E-state index in [2.05, 4.69) is 14.9 Å². The first-order valence-corrected chi connectivity index (χ1v) is 8.92. The molecule has 0 aliphatic carbocycles. The van der Waals surface area contributed by atoms with E-state index in [1.165, 1.54) is 0 Å². The maximum Gasteiger partial charge on any atom is 0.230 e. The topological polar surface area (TPSA) is 49.3 Å². The summed E-state index contributed by atoms with van der Waals surface area (Å²) in [4.78, 5) is 25.8. The van der Waals surface area contributed by atoms with Crippen LogP contribution >= 0.6 is 11.3 Å². The summed E-state index contributed by atoms with van der Waals surface area (Å²) in [6, 6.07) is 3.96. The van der Waals surface area contributed by atoms with Crippen molar-refractivity contribution in [1.29, 1.82) is 0 Å². The van der Waals surface area contributed by atoms with E-state index >= 15 is 0 Å². The molecule has 5 nitrogen and oxygen atoms in total. The van der Waals surface area contributed by atoms with Gasteiger partial charge in [-0.1, -0.05) is 6.07 Å². The fourth-order valence-corrected chi connectivity index (χ4v) is 4.41. The minimum absolute atomic E-state index is 0.167. The minimum atomic E-state index is -0.167. The highest BCUT2D eigenvalue weighted by Crippen LogP contribution is 2.41. The van der Waals surface area contributed by atoms with Crippen molar-refractivity contribution in [1.82, 2.24) is 19.8 Å². The molecule has 1 amide bonds. The number of pyridine rings is 1. The van der Waals surface area contributed by atoms with Crippen LogP contribution < -0.4 is 0 Å². The molecule has 0 radical (unpaired) electrons. The van der Waals surface area contributed by atoms with Crippen LogP contribution in [0.5, 0.6) is 0 Å². The molecule has 4 heterocycles. The number of hydrogen-bond donors (Lipinski definition) is 0. The van der Waals surface area contributed by atoms with E-state index in [0.29, 0.717) is 12.5 Å². The van der Waals surface area contributed by atoms with Gasteiger partial charge in [0.05, 0.1) is 12.0 Å². The summed E-state index contributed by atoms with van der Waals surface area (Å²) in [6.07, 6.45) is 7.41. The van der Waals surface area contributed by atoms with Gasteiger partial charge in [0.25, 0.3) is 0 Å². The highest BCUT2D eigenvalue weighted by molar-refractivity contribution is 7.09. The van der Waals surface area contributed by atoms with Crippen LogP contribution in [0.15, 0.2) is 36.1 Å². The molecule has 0 aromatic carbocycles. The first kappa shape index (κ1) is 14.8. The second-order valence-electron chi connectivity index (χ2n) is 6.50. The second kappa shape index (κ2) is 6.02. The average Bonchev–Trinajstić information content (AvgIpc) is 3.28. The Morgan fingerprint density at radius 2 is 2.13 bits per heavy atom. The molecule has 0 bridgehead atoms. The standard InChI is InChI=1S/C17H20N4OS/c22-16-17(3-7-20(13-17)12-15-19-6-9-23-15)4-8-21(16)11-14-2-1-5-18-10-14/h1-2,5-6,9-10H,3-4,7-8,11-13H2. The van der Waals surface area contributed by atoms with Gasteiger partial charge < -0.3 is 4.90 Å². The monoisotopic (exact) mass is 328 g/mol. The molecule has 1 unspecified atom stereocenters. The van der Waals surface area contributed by atoms with Crippen molar-refractivity contribution in [3.8, 4) is 0 Å². The zero-order valence-corrected chi connectivity index (χ0v) is 13.8. The predicted octanol–water partition coefficient (Wildman–Crippen LogP) is 2.16. The van der Waals surface area contributed by atoms with Crippen LogP contribution in [0.25, 0.3) is 0 Å². The molecule has 2 aliphatic heterocycles. The molecule has 2 aliphatic rings. The van der Waals surface area contributed by atoms with Gasteiger partial charge >= 0.3 is 0 Å². The summed E-state index contributed by atoms with van der Waals surface area (Å²) in [6.45, 7) is 4.27. The fraction of sp³-hybridized carbons (Fsp3) is 0.471. The molecule has 2 aromatic heterocycles. The zero-order chi connectivity index (χ0) is 15.7. The summed E-state index contributed by atoms with van der Waals surface area (Å²) < 4.78 is 0. The van der Waals surface area contributed by atoms with Gasteiger partial charge in [0.2, 0.25) is 5.91 Å². The Morgan fingerprint density at radius 1 is 1.22 bits per heavy atom. The molecule has 1 atom stereocenters. The molecular formula is C17H20N4OS. The predicted molar refractivity (Wildman–Crippen MR) is 88.7 cm³/mol. The second-order valence-corrected chi connectivity index (χ2v) is 7.48. The van der Waals surface area contributed by atoms with E-state index in [0.717, 1.165) is 49.6 Å². The van der Waals surface area contributed by atoms with Crippen LogP contribution in [0, 0.1) is 5.41 Å². The van der Waals surface area contributed by atoms with Crippen molar-refractivity contribution in [2.75, 3.05) is 19.6 Å². The largest absolute Gasteiger partial charge is 0.338 e. The van der Waals surface area contributed by atoms with Crippen molar-refractivity contribution >= 4 is 17.2 Å². The molecule has 23 heavy (non-hydrogen) atoms. The summed E-state index contributed by atoms with van der Waals surface area (Å²) in [5.74, 6) is 0.322. The Morgan fingerprint density at radius 3 is 2.91 bits per heavy atom. The van der Waals surface area contributed by atoms with E-state index in [1.54, 1.807) is 17.5 Å². The average molecular weight is 328 g/mol. The first-order valence-electron chi connectivity index (χ1n) is 8.04. The maximum absolute atomic E-state index is 12.9. The third-order valence-corrected chi connectivity index (χ3v) is 5.74. The van der Waals surface area contributed by atoms with Gasteiger partial charge in [-0.15, -0.1) is 11.3 Å². The number of thiazole rings is 1. The molecule has 2 aromatic rings. The summed E-state index contributed by atoms with van der Waals surface area (Å²) >= 11 is 1.69. The third kappa shape index (κ3) is 2.88. The van der Waals surface area contributed by atoms with Crippen molar-refractivity contribution in [3.63, 3.8) is 0 Å². The smallest absolute Gasteiger partial charge is 0.230 e. The van der Waals surface area contributed by atoms with Gasteiger partial charge in [0, 0.05) is 43.6 Å². The van der Waals surface area contributed by atoms with Gasteiger partial charge in [0.15, 0.2) is 0 Å². The summed E-state index contributed by atoms with van der Waals surface area (Å²) in [5, 5.41) is 3.15. The quantitative estimate of drug-likeness (QED) is 0.863. The molecule has 6 heteroatoms. The molecule has 2 fully saturated rings. The number of amides is 1. The number of hydrogen-bond acceptors (Lipinski definition) is 5. The number of carbonyl (C=O) groups excluding carboxylic acids is 1. The molecule has 4 rings (SSSR count). The van der Waals surface area contributed by atoms with Gasteiger partial charge in [-0.25, -0.2) is 4.98 Å². The normalized spacial score (nSPS) is 24.9. The lowest BCUT2D eigenvalue weighted by atomic mass is 9.85. The van der Waals surface area contributed by atoms with E-state index in [-0.39, 0.29) is 5.41 Å². The van der Waals surface area contributed by atoms with Crippen molar-refractivity contribution < 1.29 is 4.79 Å². The molecule has 1 spiro atoms. The van der Waals surface area contributed by atoms with Gasteiger partial charge in [-0.05, 0) is 31.0 Å². The lowest BCUT2D eigenvalue weighted by molar-refractivity contribution is -0.136. The molecule has 0 saturated carbocycles. The number of aromatic nitrogens is 2. The van der Waals surface area contributed by atoms with Gasteiger partial charge in [0.1, 0.15) is 5.01 Å². The zero-order valence-electron chi connectivity index (χ0n) is 13.0. The minimum Gasteiger partial charge on any atom is -0.338 e. The van der Waals surface area contributed by atoms with Crippen LogP contribution in [0.4, 0.5) is 0 Å². The summed E-state index contributed by atoms with van der Waals surface area (Å²) in [5.41, 5.74) is 0.940. The number of likely N-dealkylation sites (tertiary alicyclic amines) is 2. The van der Waals surface area contributed by atoms with Crippen LogP contribution in [-0.2, 0) is 17.9 Å². The van der Waals surface area contributed by atoms with Crippen molar-refractivity contribution in [3.05, 3.63) is 46.7 Å². The Bertz CT molecular complexity index is 675. The Hall–Kier alpha value is -1.79. The van der Waals surface area contributed by atoms with Crippen LogP contribution in [0.1, 0.15) is 23.4 Å². The SMILES string of the molecule is O=C1N(Cc2cccnc2)CCC12CCN(Cc1nccs1)C2. The van der Waals surface area contributed by atoms with E-state index in [1.807, 2.05) is 34.8 Å². The van der Waals surface area contributed by atoms with Crippen LogP contribution in [-0.4, -0.2) is 45.3 Å². The van der Waals surface area contributed by atoms with E-state index in [9.17, 15) is 4.79 Å². The van der Waals surface area contributed by atoms with Gasteiger partial charge in [-0.3, -0.25) is 14.7 Å². The van der Waals surface area contributed by atoms with Crippen LogP contribution in [0.2, 0.25) is 0 Å². The first-order chi connectivity index (χ1) is 11.3. The van der Waals surface area contributed by atoms with Crippen molar-refractivity contribution in [2.45, 2.75) is 25.9 Å².